The minimum atomic E-state index is -1.18. The lowest BCUT2D eigenvalue weighted by atomic mass is 10.2. The molecule has 0 spiro atoms. The molecule has 0 aliphatic carbocycles. The van der Waals surface area contributed by atoms with Crippen LogP contribution in [0.5, 0.6) is 5.75 Å². The Balaban J connectivity index is 0.000000465. The number of ether oxygens (including phenoxy) is 1. The smallest absolute Gasteiger partial charge is 0.317 e. The molecule has 2 rings (SSSR count). The zero-order valence-corrected chi connectivity index (χ0v) is 11.8. The van der Waals surface area contributed by atoms with E-state index in [0.29, 0.717) is 5.75 Å². The molecule has 0 radical (unpaired) electrons. The van der Waals surface area contributed by atoms with Gasteiger partial charge in [0.05, 0.1) is 0 Å². The number of carboxylic acids is 1. The molecule has 0 saturated carbocycles. The second-order valence-corrected chi connectivity index (χ2v) is 4.05. The van der Waals surface area contributed by atoms with Crippen LogP contribution in [-0.4, -0.2) is 27.6 Å². The minimum Gasteiger partial charge on any atom is -0.508 e. The van der Waals surface area contributed by atoms with E-state index in [2.05, 4.69) is 0 Å². The first-order valence-corrected chi connectivity index (χ1v) is 6.23. The molecular formula is C16H18O6. The third-order valence-corrected chi connectivity index (χ3v) is 2.29. The highest BCUT2D eigenvalue weighted by atomic mass is 16.5. The zero-order chi connectivity index (χ0) is 15.5. The average Bonchev–Trinajstić information content (AvgIpc) is 2.47. The fourth-order valence-corrected chi connectivity index (χ4v) is 1.34. The molecule has 0 aromatic heterocycles. The predicted octanol–water partition coefficient (Wildman–Crippen LogP) is 1.77. The largest absolute Gasteiger partial charge is 0.508 e. The molecule has 2 aromatic rings. The van der Waals surface area contributed by atoms with Gasteiger partial charge in [-0.25, -0.2) is 0 Å². The summed E-state index contributed by atoms with van der Waals surface area (Å²) in [4.78, 5) is 20.9. The topological polar surface area (TPSA) is 115 Å². The van der Waals surface area contributed by atoms with Crippen LogP contribution in [0.15, 0.2) is 60.7 Å². The van der Waals surface area contributed by atoms with Crippen molar-refractivity contribution in [3.63, 3.8) is 0 Å². The van der Waals surface area contributed by atoms with Crippen molar-refractivity contribution >= 4 is 11.9 Å². The van der Waals surface area contributed by atoms with Gasteiger partial charge >= 0.3 is 11.9 Å². The number of rotatable bonds is 4. The molecular weight excluding hydrogens is 288 g/mol. The zero-order valence-electron chi connectivity index (χ0n) is 11.8. The highest BCUT2D eigenvalue weighted by Crippen LogP contribution is 2.03. The Morgan fingerprint density at radius 2 is 1.41 bits per heavy atom. The maximum atomic E-state index is 10.8. The number of benzene rings is 2. The predicted molar refractivity (Wildman–Crippen MR) is 80.2 cm³/mol. The van der Waals surface area contributed by atoms with E-state index in [9.17, 15) is 9.59 Å². The number of hydrogen-bond donors (Lipinski definition) is 2. The van der Waals surface area contributed by atoms with Gasteiger partial charge in [0, 0.05) is 0 Å². The fourth-order valence-electron chi connectivity index (χ4n) is 1.34. The van der Waals surface area contributed by atoms with E-state index in [0.717, 1.165) is 5.56 Å². The maximum Gasteiger partial charge on any atom is 0.317 e. The first-order chi connectivity index (χ1) is 10.1. The van der Waals surface area contributed by atoms with Gasteiger partial charge in [-0.15, -0.1) is 0 Å². The van der Waals surface area contributed by atoms with E-state index < -0.39 is 18.4 Å². The SMILES string of the molecule is O.O=C(O)CC(=O)OCc1ccccc1.Oc1ccccc1. The van der Waals surface area contributed by atoms with Gasteiger partial charge in [0.1, 0.15) is 18.8 Å². The third kappa shape index (κ3) is 9.11. The molecule has 2 aromatic carbocycles. The van der Waals surface area contributed by atoms with Crippen molar-refractivity contribution in [2.24, 2.45) is 0 Å². The van der Waals surface area contributed by atoms with Crippen molar-refractivity contribution in [3.8, 4) is 5.75 Å². The normalized spacial score (nSPS) is 8.73. The highest BCUT2D eigenvalue weighted by molar-refractivity contribution is 5.90. The lowest BCUT2D eigenvalue weighted by Crippen LogP contribution is -2.10. The number of para-hydroxylation sites is 1. The number of carbonyl (C=O) groups excluding carboxylic acids is 1. The van der Waals surface area contributed by atoms with Crippen molar-refractivity contribution < 1.29 is 30.0 Å². The summed E-state index contributed by atoms with van der Waals surface area (Å²) in [5, 5.41) is 16.9. The molecule has 0 fully saturated rings. The van der Waals surface area contributed by atoms with Crippen molar-refractivity contribution in [3.05, 3.63) is 66.2 Å². The van der Waals surface area contributed by atoms with Crippen molar-refractivity contribution in [2.75, 3.05) is 0 Å². The van der Waals surface area contributed by atoms with Crippen LogP contribution in [0.4, 0.5) is 0 Å². The van der Waals surface area contributed by atoms with E-state index in [1.165, 1.54) is 0 Å². The molecule has 22 heavy (non-hydrogen) atoms. The molecule has 6 heteroatoms. The van der Waals surface area contributed by atoms with Gasteiger partial charge in [0.15, 0.2) is 0 Å². The van der Waals surface area contributed by atoms with Crippen LogP contribution in [0, 0.1) is 0 Å². The molecule has 6 nitrogen and oxygen atoms in total. The van der Waals surface area contributed by atoms with E-state index in [-0.39, 0.29) is 12.1 Å². The quantitative estimate of drug-likeness (QED) is 0.659. The molecule has 0 aliphatic rings. The lowest BCUT2D eigenvalue weighted by Gasteiger charge is -2.02. The maximum absolute atomic E-state index is 10.8. The number of esters is 1. The monoisotopic (exact) mass is 306 g/mol. The van der Waals surface area contributed by atoms with Crippen molar-refractivity contribution in [1.82, 2.24) is 0 Å². The summed E-state index contributed by atoms with van der Waals surface area (Å²) in [6.07, 6.45) is -0.590. The average molecular weight is 306 g/mol. The number of carboxylic acid groups (broad SMARTS) is 1. The number of aliphatic carboxylic acids is 1. The van der Waals surface area contributed by atoms with Crippen molar-refractivity contribution in [1.29, 1.82) is 0 Å². The van der Waals surface area contributed by atoms with Gasteiger partial charge in [-0.1, -0.05) is 48.5 Å². The number of carbonyl (C=O) groups is 2. The Hall–Kier alpha value is -2.86. The second-order valence-electron chi connectivity index (χ2n) is 4.05. The molecule has 4 N–H and O–H groups in total. The van der Waals surface area contributed by atoms with Gasteiger partial charge in [0.2, 0.25) is 0 Å². The highest BCUT2D eigenvalue weighted by Gasteiger charge is 2.08. The first kappa shape index (κ1) is 19.1. The summed E-state index contributed by atoms with van der Waals surface area (Å²) in [6, 6.07) is 17.8. The van der Waals surface area contributed by atoms with Gasteiger partial charge in [-0.2, -0.15) is 0 Å². The van der Waals surface area contributed by atoms with Gasteiger partial charge in [0.25, 0.3) is 0 Å². The summed E-state index contributed by atoms with van der Waals surface area (Å²) in [5.74, 6) is -1.58. The molecule has 0 aliphatic heterocycles. The van der Waals surface area contributed by atoms with Crippen LogP contribution < -0.4 is 0 Å². The van der Waals surface area contributed by atoms with Gasteiger partial charge in [-0.3, -0.25) is 9.59 Å². The molecule has 0 atom stereocenters. The lowest BCUT2D eigenvalue weighted by molar-refractivity contribution is -0.152. The second kappa shape index (κ2) is 10.9. The van der Waals surface area contributed by atoms with E-state index >= 15 is 0 Å². The Kier molecular flexibility index (Phi) is 9.46. The minimum absolute atomic E-state index is 0. The molecule has 0 unspecified atom stereocenters. The Bertz CT molecular complexity index is 553. The van der Waals surface area contributed by atoms with Crippen molar-refractivity contribution in [2.45, 2.75) is 13.0 Å². The van der Waals surface area contributed by atoms with Crippen LogP contribution in [0.2, 0.25) is 0 Å². The van der Waals surface area contributed by atoms with E-state index in [4.69, 9.17) is 14.9 Å². The van der Waals surface area contributed by atoms with Crippen LogP contribution in [0.25, 0.3) is 0 Å². The number of phenolic OH excluding ortho intramolecular Hbond substituents is 1. The Morgan fingerprint density at radius 3 is 1.82 bits per heavy atom. The number of aromatic hydroxyl groups is 1. The molecule has 0 heterocycles. The summed E-state index contributed by atoms with van der Waals surface area (Å²) < 4.78 is 4.72. The fraction of sp³-hybridized carbons (Fsp3) is 0.125. The summed E-state index contributed by atoms with van der Waals surface area (Å²) >= 11 is 0. The van der Waals surface area contributed by atoms with Gasteiger partial charge < -0.3 is 20.4 Å². The van der Waals surface area contributed by atoms with E-state index in [1.54, 1.807) is 36.4 Å². The van der Waals surface area contributed by atoms with Gasteiger partial charge in [-0.05, 0) is 17.7 Å². The van der Waals surface area contributed by atoms with Crippen LogP contribution in [0.1, 0.15) is 12.0 Å². The van der Waals surface area contributed by atoms with Crippen LogP contribution in [0.3, 0.4) is 0 Å². The molecule has 0 saturated heterocycles. The first-order valence-electron chi connectivity index (χ1n) is 6.23. The van der Waals surface area contributed by atoms with Crippen LogP contribution in [-0.2, 0) is 20.9 Å². The number of hydrogen-bond acceptors (Lipinski definition) is 4. The summed E-state index contributed by atoms with van der Waals surface area (Å²) in [6.45, 7) is 0.118. The third-order valence-electron chi connectivity index (χ3n) is 2.29. The Labute approximate surface area is 127 Å². The van der Waals surface area contributed by atoms with E-state index in [1.807, 2.05) is 24.3 Å². The Morgan fingerprint density at radius 1 is 0.909 bits per heavy atom. The standard InChI is InChI=1S/C10H10O4.C6H6O.H2O/c11-9(12)6-10(13)14-7-8-4-2-1-3-5-8;7-6-4-2-1-3-5-6;/h1-5H,6-7H2,(H,11,12);1-5,7H;1H2. The molecule has 118 valence electrons. The summed E-state index contributed by atoms with van der Waals surface area (Å²) in [5.41, 5.74) is 0.839. The summed E-state index contributed by atoms with van der Waals surface area (Å²) in [7, 11) is 0. The molecule has 0 amide bonds. The van der Waals surface area contributed by atoms with Crippen LogP contribution >= 0.6 is 0 Å². The number of phenols is 1. The molecule has 0 bridgehead atoms.